The number of amides is 2. The molecule has 2 saturated heterocycles. The summed E-state index contributed by atoms with van der Waals surface area (Å²) in [5.74, 6) is 0.920. The number of nitrogens with one attached hydrogen (secondary N) is 2. The number of carbonyl (C=O) groups excluding carboxylic acids is 2. The lowest BCUT2D eigenvalue weighted by Crippen LogP contribution is -2.56. The number of ether oxygens (including phenoxy) is 2. The molecular weight excluding hydrogens is 430 g/mol. The van der Waals surface area contributed by atoms with Crippen LogP contribution in [0.25, 0.3) is 0 Å². The van der Waals surface area contributed by atoms with Crippen LogP contribution in [0.3, 0.4) is 0 Å². The normalized spacial score (nSPS) is 24.0. The Hall–Kier alpha value is -2.12. The van der Waals surface area contributed by atoms with Gasteiger partial charge in [-0.2, -0.15) is 0 Å². The van der Waals surface area contributed by atoms with Crippen LogP contribution in [0.2, 0.25) is 0 Å². The van der Waals surface area contributed by atoms with E-state index >= 15 is 0 Å². The molecule has 0 bridgehead atoms. The summed E-state index contributed by atoms with van der Waals surface area (Å²) in [5.41, 5.74) is 0.789. The molecule has 1 aromatic rings. The third-order valence-electron chi connectivity index (χ3n) is 7.58. The fourth-order valence-electron chi connectivity index (χ4n) is 5.02. The van der Waals surface area contributed by atoms with Gasteiger partial charge in [0.25, 0.3) is 0 Å². The van der Waals surface area contributed by atoms with Gasteiger partial charge in [0.15, 0.2) is 0 Å². The zero-order chi connectivity index (χ0) is 24.4. The third-order valence-corrected chi connectivity index (χ3v) is 7.58. The van der Waals surface area contributed by atoms with E-state index in [0.717, 1.165) is 70.3 Å². The van der Waals surface area contributed by atoms with Gasteiger partial charge in [0.1, 0.15) is 11.8 Å². The summed E-state index contributed by atoms with van der Waals surface area (Å²) in [6, 6.07) is 7.69. The molecule has 1 aromatic carbocycles. The second-order valence-electron chi connectivity index (χ2n) is 9.96. The highest BCUT2D eigenvalue weighted by Crippen LogP contribution is 2.38. The molecule has 2 atom stereocenters. The van der Waals surface area contributed by atoms with E-state index in [2.05, 4.69) is 34.6 Å². The minimum atomic E-state index is -0.493. The molecule has 2 amide bonds. The van der Waals surface area contributed by atoms with Crippen LogP contribution in [-0.2, 0) is 20.9 Å². The fraction of sp³-hybridized carbons (Fsp3) is 0.704. The molecule has 2 N–H and O–H groups in total. The predicted octanol–water partition coefficient (Wildman–Crippen LogP) is 3.52. The predicted molar refractivity (Wildman–Crippen MR) is 134 cm³/mol. The fourth-order valence-corrected chi connectivity index (χ4v) is 5.02. The summed E-state index contributed by atoms with van der Waals surface area (Å²) < 4.78 is 11.1. The summed E-state index contributed by atoms with van der Waals surface area (Å²) in [7, 11) is 1.69. The highest BCUT2D eigenvalue weighted by Gasteiger charge is 2.42. The number of benzene rings is 1. The molecule has 0 saturated carbocycles. The first-order chi connectivity index (χ1) is 16.5. The van der Waals surface area contributed by atoms with Gasteiger partial charge in [-0.1, -0.05) is 38.8 Å². The van der Waals surface area contributed by atoms with Crippen molar-refractivity contribution in [1.82, 2.24) is 15.5 Å². The molecule has 7 nitrogen and oxygen atoms in total. The van der Waals surface area contributed by atoms with Crippen LogP contribution in [0.5, 0.6) is 5.75 Å². The quantitative estimate of drug-likeness (QED) is 0.684. The van der Waals surface area contributed by atoms with Gasteiger partial charge in [-0.3, -0.25) is 14.5 Å². The van der Waals surface area contributed by atoms with E-state index < -0.39 is 11.5 Å². The summed E-state index contributed by atoms with van der Waals surface area (Å²) >= 11 is 0. The molecular formula is C27H43N3O4. The molecule has 3 rings (SSSR count). The first-order valence-electron chi connectivity index (χ1n) is 13.0. The van der Waals surface area contributed by atoms with E-state index in [-0.39, 0.29) is 17.7 Å². The van der Waals surface area contributed by atoms with Gasteiger partial charge in [0, 0.05) is 26.3 Å². The van der Waals surface area contributed by atoms with Crippen molar-refractivity contribution < 1.29 is 19.1 Å². The molecule has 1 spiro atoms. The van der Waals surface area contributed by atoms with Crippen LogP contribution < -0.4 is 15.4 Å². The van der Waals surface area contributed by atoms with E-state index in [9.17, 15) is 9.59 Å². The van der Waals surface area contributed by atoms with Crippen molar-refractivity contribution in [2.75, 3.05) is 40.0 Å². The van der Waals surface area contributed by atoms with E-state index in [1.165, 1.54) is 5.56 Å². The highest BCUT2D eigenvalue weighted by molar-refractivity contribution is 5.90. The molecule has 0 unspecified atom stereocenters. The summed E-state index contributed by atoms with van der Waals surface area (Å²) in [5, 5.41) is 6.20. The largest absolute Gasteiger partial charge is 0.497 e. The highest BCUT2D eigenvalue weighted by atomic mass is 16.5. The van der Waals surface area contributed by atoms with E-state index in [4.69, 9.17) is 9.47 Å². The van der Waals surface area contributed by atoms with Crippen molar-refractivity contribution in [2.24, 2.45) is 11.3 Å². The average Bonchev–Trinajstić information content (AvgIpc) is 2.86. The van der Waals surface area contributed by atoms with Crippen molar-refractivity contribution in [3.05, 3.63) is 29.8 Å². The third kappa shape index (κ3) is 7.19. The van der Waals surface area contributed by atoms with Gasteiger partial charge in [0.2, 0.25) is 11.8 Å². The molecule has 2 heterocycles. The molecule has 190 valence electrons. The molecule has 7 heteroatoms. The Bertz CT molecular complexity index is 792. The summed E-state index contributed by atoms with van der Waals surface area (Å²) in [6.07, 6.45) is 6.00. The van der Waals surface area contributed by atoms with Crippen molar-refractivity contribution in [2.45, 2.75) is 71.4 Å². The number of nitrogens with zero attached hydrogens (tertiary/aromatic N) is 1. The average molecular weight is 474 g/mol. The van der Waals surface area contributed by atoms with Gasteiger partial charge in [0.05, 0.1) is 12.5 Å². The van der Waals surface area contributed by atoms with Gasteiger partial charge < -0.3 is 20.1 Å². The Balaban J connectivity index is 1.70. The Morgan fingerprint density at radius 2 is 1.91 bits per heavy atom. The van der Waals surface area contributed by atoms with Gasteiger partial charge in [-0.15, -0.1) is 0 Å². The van der Waals surface area contributed by atoms with E-state index in [1.807, 2.05) is 19.1 Å². The molecule has 2 aliphatic rings. The minimum Gasteiger partial charge on any atom is -0.497 e. The number of rotatable bonds is 5. The van der Waals surface area contributed by atoms with Gasteiger partial charge in [-0.05, 0) is 68.8 Å². The standard InChI is InChI=1S/C27H43N3O4/c1-4-21(2)24-25(31)28-14-8-18-34-17-6-5-11-27(26(32)29-24)12-15-30(16-13-27)20-22-9-7-10-23(19-22)33-3/h7,9-10,19,21,24H,4-6,8,11-18,20H2,1-3H3,(H,28,31)(H,29,32)/t21-,24-/m0/s1. The monoisotopic (exact) mass is 473 g/mol. The number of carbonyl (C=O) groups is 2. The zero-order valence-electron chi connectivity index (χ0n) is 21.2. The van der Waals surface area contributed by atoms with Crippen molar-refractivity contribution in [3.8, 4) is 5.75 Å². The SMILES string of the molecule is CC[C@H](C)[C@@H]1NC(=O)C2(CCCCOCCCNC1=O)CCN(Cc1cccc(OC)c1)CC2. The van der Waals surface area contributed by atoms with Crippen molar-refractivity contribution in [1.29, 1.82) is 0 Å². The van der Waals surface area contributed by atoms with Crippen LogP contribution >= 0.6 is 0 Å². The van der Waals surface area contributed by atoms with Crippen LogP contribution in [-0.4, -0.2) is 62.7 Å². The maximum absolute atomic E-state index is 13.7. The Morgan fingerprint density at radius 3 is 2.65 bits per heavy atom. The lowest BCUT2D eigenvalue weighted by atomic mass is 9.73. The van der Waals surface area contributed by atoms with E-state index in [1.54, 1.807) is 7.11 Å². The topological polar surface area (TPSA) is 79.9 Å². The molecule has 2 aliphatic heterocycles. The minimum absolute atomic E-state index is 0.0481. The number of hydrogen-bond acceptors (Lipinski definition) is 5. The molecule has 2 fully saturated rings. The second-order valence-corrected chi connectivity index (χ2v) is 9.96. The number of hydrogen-bond donors (Lipinski definition) is 2. The first kappa shape index (κ1) is 26.5. The van der Waals surface area contributed by atoms with Crippen LogP contribution in [0, 0.1) is 11.3 Å². The van der Waals surface area contributed by atoms with Crippen molar-refractivity contribution >= 4 is 11.8 Å². The number of likely N-dealkylation sites (tertiary alicyclic amines) is 1. The maximum Gasteiger partial charge on any atom is 0.242 e. The first-order valence-corrected chi connectivity index (χ1v) is 13.0. The summed E-state index contributed by atoms with van der Waals surface area (Å²) in [6.45, 7) is 8.62. The molecule has 0 aromatic heterocycles. The molecule has 34 heavy (non-hydrogen) atoms. The summed E-state index contributed by atoms with van der Waals surface area (Å²) in [4.78, 5) is 29.1. The number of methoxy groups -OCH3 is 1. The second kappa shape index (κ2) is 13.1. The van der Waals surface area contributed by atoms with Crippen LogP contribution in [0.15, 0.2) is 24.3 Å². The Kier molecular flexibility index (Phi) is 10.2. The van der Waals surface area contributed by atoms with E-state index in [0.29, 0.717) is 19.8 Å². The van der Waals surface area contributed by atoms with Crippen molar-refractivity contribution in [3.63, 3.8) is 0 Å². The Labute approximate surface area is 204 Å². The zero-order valence-corrected chi connectivity index (χ0v) is 21.2. The smallest absolute Gasteiger partial charge is 0.242 e. The van der Waals surface area contributed by atoms with Gasteiger partial charge >= 0.3 is 0 Å². The lowest BCUT2D eigenvalue weighted by Gasteiger charge is -2.42. The van der Waals surface area contributed by atoms with Crippen LogP contribution in [0.1, 0.15) is 64.4 Å². The molecule has 0 radical (unpaired) electrons. The lowest BCUT2D eigenvalue weighted by molar-refractivity contribution is -0.139. The maximum atomic E-state index is 13.7. The molecule has 0 aliphatic carbocycles. The van der Waals surface area contributed by atoms with Crippen LogP contribution in [0.4, 0.5) is 0 Å². The Morgan fingerprint density at radius 1 is 1.15 bits per heavy atom. The number of piperidine rings is 1. The van der Waals surface area contributed by atoms with Gasteiger partial charge in [-0.25, -0.2) is 0 Å².